The highest BCUT2D eigenvalue weighted by Gasteiger charge is 2.26. The van der Waals surface area contributed by atoms with Gasteiger partial charge in [0.15, 0.2) is 6.10 Å². The van der Waals surface area contributed by atoms with Gasteiger partial charge in [-0.3, -0.25) is 18.6 Å². The number of esters is 2. The Bertz CT molecular complexity index is 470. The van der Waals surface area contributed by atoms with E-state index >= 15 is 0 Å². The molecule has 0 fully saturated rings. The second-order valence-electron chi connectivity index (χ2n) is 5.90. The van der Waals surface area contributed by atoms with E-state index in [4.69, 9.17) is 24.2 Å². The first-order valence-corrected chi connectivity index (χ1v) is 10.5. The minimum atomic E-state index is -4.55. The first-order valence-electron chi connectivity index (χ1n) is 8.99. The zero-order valence-electron chi connectivity index (χ0n) is 15.9. The molecule has 0 aliphatic carbocycles. The third kappa shape index (κ3) is 14.7. The van der Waals surface area contributed by atoms with Crippen molar-refractivity contribution in [2.45, 2.75) is 64.6 Å². The van der Waals surface area contributed by atoms with E-state index in [1.165, 1.54) is 0 Å². The molecule has 10 nitrogen and oxygen atoms in total. The van der Waals surface area contributed by atoms with Crippen molar-refractivity contribution in [3.63, 3.8) is 0 Å². The number of ether oxygens (including phenoxy) is 2. The molecule has 3 N–H and O–H groups in total. The van der Waals surface area contributed by atoms with Crippen LogP contribution in [0.4, 0.5) is 0 Å². The molecule has 0 rings (SSSR count). The molecule has 3 atom stereocenters. The fraction of sp³-hybridized carbons (Fsp3) is 0.875. The molecule has 27 heavy (non-hydrogen) atoms. The molecule has 0 aliphatic rings. The molecular weight excluding hydrogens is 383 g/mol. The molecule has 0 amide bonds. The summed E-state index contributed by atoms with van der Waals surface area (Å²) in [4.78, 5) is 32.9. The van der Waals surface area contributed by atoms with Crippen LogP contribution in [-0.2, 0) is 32.7 Å². The molecule has 3 unspecified atom stereocenters. The molecule has 0 aromatic carbocycles. The van der Waals surface area contributed by atoms with Crippen molar-refractivity contribution in [2.75, 3.05) is 26.4 Å². The number of phosphoric ester groups is 1. The Labute approximate surface area is 159 Å². The van der Waals surface area contributed by atoms with E-state index in [9.17, 15) is 19.0 Å². The van der Waals surface area contributed by atoms with Crippen LogP contribution in [0.1, 0.15) is 52.4 Å². The predicted octanol–water partition coefficient (Wildman–Crippen LogP) is 1.31. The van der Waals surface area contributed by atoms with E-state index in [0.29, 0.717) is 12.8 Å². The normalized spacial score (nSPS) is 15.6. The maximum Gasteiger partial charge on any atom is 0.472 e. The monoisotopic (exact) mass is 414 g/mol. The van der Waals surface area contributed by atoms with Gasteiger partial charge in [-0.2, -0.15) is 0 Å². The number of rotatable bonds is 16. The van der Waals surface area contributed by atoms with Crippen molar-refractivity contribution in [2.24, 2.45) is 0 Å². The van der Waals surface area contributed by atoms with Crippen LogP contribution in [0.2, 0.25) is 0 Å². The summed E-state index contributed by atoms with van der Waals surface area (Å²) in [7, 11) is -4.55. The van der Waals surface area contributed by atoms with E-state index in [-0.39, 0.29) is 19.4 Å². The Morgan fingerprint density at radius 1 is 0.963 bits per heavy atom. The number of hydrogen-bond acceptors (Lipinski definition) is 9. The Hall–Kier alpha value is -1.03. The molecule has 11 heteroatoms. The summed E-state index contributed by atoms with van der Waals surface area (Å²) in [6, 6.07) is 0. The third-order valence-electron chi connectivity index (χ3n) is 3.23. The first-order chi connectivity index (χ1) is 12.7. The number of carbonyl (C=O) groups is 2. The predicted molar refractivity (Wildman–Crippen MR) is 94.7 cm³/mol. The zero-order chi connectivity index (χ0) is 20.7. The van der Waals surface area contributed by atoms with Crippen LogP contribution in [-0.4, -0.2) is 65.7 Å². The van der Waals surface area contributed by atoms with Crippen molar-refractivity contribution in [1.82, 2.24) is 0 Å². The lowest BCUT2D eigenvalue weighted by Gasteiger charge is -2.20. The summed E-state index contributed by atoms with van der Waals surface area (Å²) >= 11 is 0. The quantitative estimate of drug-likeness (QED) is 0.192. The maximum atomic E-state index is 11.8. The van der Waals surface area contributed by atoms with Crippen molar-refractivity contribution in [3.8, 4) is 0 Å². The second kappa shape index (κ2) is 15.0. The van der Waals surface area contributed by atoms with Crippen molar-refractivity contribution in [1.29, 1.82) is 0 Å². The number of unbranched alkanes of at least 4 members (excludes halogenated alkanes) is 2. The minimum Gasteiger partial charge on any atom is -0.462 e. The van der Waals surface area contributed by atoms with Crippen LogP contribution in [0.5, 0.6) is 0 Å². The molecule has 0 saturated carbocycles. The largest absolute Gasteiger partial charge is 0.472 e. The van der Waals surface area contributed by atoms with E-state index < -0.39 is 51.8 Å². The Kier molecular flexibility index (Phi) is 14.4. The number of aliphatic hydroxyl groups excluding tert-OH is 2. The van der Waals surface area contributed by atoms with E-state index in [0.717, 1.165) is 12.8 Å². The zero-order valence-corrected chi connectivity index (χ0v) is 16.8. The van der Waals surface area contributed by atoms with E-state index in [1.807, 2.05) is 6.92 Å². The minimum absolute atomic E-state index is 0.170. The van der Waals surface area contributed by atoms with E-state index in [2.05, 4.69) is 4.52 Å². The lowest BCUT2D eigenvalue weighted by Crippen LogP contribution is -2.29. The molecular formula is C16H31O10P. The first kappa shape index (κ1) is 26.0. The van der Waals surface area contributed by atoms with Gasteiger partial charge in [-0.15, -0.1) is 0 Å². The van der Waals surface area contributed by atoms with Gasteiger partial charge in [0, 0.05) is 12.8 Å². The topological polar surface area (TPSA) is 149 Å². The number of phosphoric acid groups is 1. The fourth-order valence-electron chi connectivity index (χ4n) is 1.79. The lowest BCUT2D eigenvalue weighted by atomic mass is 10.2. The summed E-state index contributed by atoms with van der Waals surface area (Å²) in [5.41, 5.74) is 0. The molecule has 0 aromatic heterocycles. The van der Waals surface area contributed by atoms with E-state index in [1.54, 1.807) is 6.92 Å². The lowest BCUT2D eigenvalue weighted by molar-refractivity contribution is -0.161. The number of hydrogen-bond donors (Lipinski definition) is 3. The fourth-order valence-corrected chi connectivity index (χ4v) is 2.58. The van der Waals surface area contributed by atoms with Gasteiger partial charge in [-0.1, -0.05) is 26.7 Å². The second-order valence-corrected chi connectivity index (χ2v) is 7.35. The van der Waals surface area contributed by atoms with Crippen molar-refractivity contribution < 1.29 is 47.8 Å². The maximum absolute atomic E-state index is 11.8. The van der Waals surface area contributed by atoms with Crippen molar-refractivity contribution >= 4 is 19.8 Å². The van der Waals surface area contributed by atoms with Crippen molar-refractivity contribution in [3.05, 3.63) is 0 Å². The highest BCUT2D eigenvalue weighted by molar-refractivity contribution is 7.47. The van der Waals surface area contributed by atoms with Crippen LogP contribution >= 0.6 is 7.82 Å². The average molecular weight is 414 g/mol. The SMILES string of the molecule is CCCCCC(=O)OC(COC(=O)CCC)COP(=O)(O)OCC(O)CO. The van der Waals surface area contributed by atoms with Gasteiger partial charge < -0.3 is 24.6 Å². The van der Waals surface area contributed by atoms with Gasteiger partial charge in [-0.05, 0) is 12.8 Å². The Morgan fingerprint density at radius 2 is 1.63 bits per heavy atom. The Morgan fingerprint density at radius 3 is 2.22 bits per heavy atom. The standard InChI is InChI=1S/C16H31O10P/c1-3-5-6-8-16(20)26-14(11-23-15(19)7-4-2)12-25-27(21,22)24-10-13(18)9-17/h13-14,17-18H,3-12H2,1-2H3,(H,21,22). The summed E-state index contributed by atoms with van der Waals surface area (Å²) < 4.78 is 31.1. The highest BCUT2D eigenvalue weighted by atomic mass is 31.2. The van der Waals surface area contributed by atoms with Crippen LogP contribution in [0.25, 0.3) is 0 Å². The summed E-state index contributed by atoms with van der Waals surface area (Å²) in [5, 5.41) is 17.8. The molecule has 0 bridgehead atoms. The van der Waals surface area contributed by atoms with Crippen LogP contribution in [0, 0.1) is 0 Å². The molecule has 0 aromatic rings. The third-order valence-corrected chi connectivity index (χ3v) is 4.18. The smallest absolute Gasteiger partial charge is 0.462 e. The van der Waals surface area contributed by atoms with Gasteiger partial charge in [0.1, 0.15) is 12.7 Å². The molecule has 0 radical (unpaired) electrons. The Balaban J connectivity index is 4.60. The van der Waals surface area contributed by atoms with Gasteiger partial charge in [0.2, 0.25) is 0 Å². The summed E-state index contributed by atoms with van der Waals surface area (Å²) in [6.07, 6.45) is 0.960. The molecule has 0 aliphatic heterocycles. The number of carbonyl (C=O) groups excluding carboxylic acids is 2. The van der Waals surface area contributed by atoms with Crippen LogP contribution in [0.15, 0.2) is 0 Å². The summed E-state index contributed by atoms with van der Waals surface area (Å²) in [5.74, 6) is -1.02. The van der Waals surface area contributed by atoms with Crippen LogP contribution in [0.3, 0.4) is 0 Å². The van der Waals surface area contributed by atoms with Gasteiger partial charge in [0.05, 0.1) is 19.8 Å². The van der Waals surface area contributed by atoms with Gasteiger partial charge >= 0.3 is 19.8 Å². The van der Waals surface area contributed by atoms with Gasteiger partial charge in [-0.25, -0.2) is 4.57 Å². The van der Waals surface area contributed by atoms with Gasteiger partial charge in [0.25, 0.3) is 0 Å². The highest BCUT2D eigenvalue weighted by Crippen LogP contribution is 2.43. The number of aliphatic hydroxyl groups is 2. The summed E-state index contributed by atoms with van der Waals surface area (Å²) in [6.45, 7) is 1.67. The molecule has 0 spiro atoms. The average Bonchev–Trinajstić information content (AvgIpc) is 2.62. The molecule has 0 saturated heterocycles. The van der Waals surface area contributed by atoms with Crippen LogP contribution < -0.4 is 0 Å². The molecule has 160 valence electrons. The molecule has 0 heterocycles.